The van der Waals surface area contributed by atoms with Crippen molar-refractivity contribution in [2.45, 2.75) is 91.0 Å². The summed E-state index contributed by atoms with van der Waals surface area (Å²) in [6.45, 7) is 11.6. The van der Waals surface area contributed by atoms with Crippen molar-refractivity contribution in [3.63, 3.8) is 0 Å². The molecule has 4 aliphatic carbocycles. The number of carbonyl (C=O) groups is 1. The Hall–Kier alpha value is -0.683. The Morgan fingerprint density at radius 1 is 1.11 bits per heavy atom. The quantitative estimate of drug-likeness (QED) is 0.464. The van der Waals surface area contributed by atoms with Crippen LogP contribution in [0.2, 0.25) is 19.6 Å². The van der Waals surface area contributed by atoms with E-state index in [0.29, 0.717) is 36.1 Å². The van der Waals surface area contributed by atoms with Crippen LogP contribution >= 0.6 is 0 Å². The highest BCUT2D eigenvalue weighted by molar-refractivity contribution is 6.69. The molecule has 2 unspecified atom stereocenters. The lowest BCUT2D eigenvalue weighted by molar-refractivity contribution is -0.155. The maximum absolute atomic E-state index is 13.6. The summed E-state index contributed by atoms with van der Waals surface area (Å²) in [5, 5.41) is 4.35. The normalized spacial score (nSPS) is 47.4. The minimum atomic E-state index is -1.51. The first-order valence-corrected chi connectivity index (χ1v) is 14.8. The number of hydrogen-bond acceptors (Lipinski definition) is 4. The molecule has 7 atom stereocenters. The van der Waals surface area contributed by atoms with Crippen LogP contribution in [0.25, 0.3) is 0 Å². The fraction of sp³-hybridized carbons (Fsp3) is 0.913. The van der Waals surface area contributed by atoms with E-state index in [2.05, 4.69) is 38.6 Å². The number of ketones is 1. The molecule has 5 heteroatoms. The summed E-state index contributed by atoms with van der Waals surface area (Å²) in [7, 11) is 0.121. The Bertz CT molecular complexity index is 671. The van der Waals surface area contributed by atoms with Crippen molar-refractivity contribution in [1.29, 1.82) is 0 Å². The van der Waals surface area contributed by atoms with Crippen LogP contribution < -0.4 is 0 Å². The van der Waals surface area contributed by atoms with E-state index in [1.807, 2.05) is 0 Å². The van der Waals surface area contributed by atoms with Gasteiger partial charge < -0.3 is 9.26 Å². The van der Waals surface area contributed by atoms with Crippen molar-refractivity contribution in [3.05, 3.63) is 0 Å². The van der Waals surface area contributed by atoms with Gasteiger partial charge in [-0.2, -0.15) is 0 Å². The third-order valence-electron chi connectivity index (χ3n) is 8.77. The van der Waals surface area contributed by atoms with Gasteiger partial charge in [0.2, 0.25) is 0 Å². The van der Waals surface area contributed by atoms with Gasteiger partial charge in [0.25, 0.3) is 0 Å². The lowest BCUT2D eigenvalue weighted by Gasteiger charge is -2.59. The molecule has 0 aromatic rings. The van der Waals surface area contributed by atoms with Crippen LogP contribution in [0.5, 0.6) is 0 Å². The van der Waals surface area contributed by atoms with E-state index >= 15 is 0 Å². The molecule has 158 valence electrons. The van der Waals surface area contributed by atoms with Crippen molar-refractivity contribution in [3.8, 4) is 0 Å². The van der Waals surface area contributed by atoms with Gasteiger partial charge in [0.15, 0.2) is 8.32 Å². The molecular formula is C23H39NO3Si. The minimum Gasteiger partial charge on any atom is -0.415 e. The lowest BCUT2D eigenvalue weighted by Crippen LogP contribution is -2.58. The molecule has 0 radical (unpaired) electrons. The van der Waals surface area contributed by atoms with Gasteiger partial charge in [0.1, 0.15) is 12.9 Å². The molecule has 4 saturated carbocycles. The van der Waals surface area contributed by atoms with E-state index in [1.54, 1.807) is 7.11 Å². The van der Waals surface area contributed by atoms with Gasteiger partial charge in [-0.3, -0.25) is 4.79 Å². The Balaban J connectivity index is 1.58. The average molecular weight is 406 g/mol. The van der Waals surface area contributed by atoms with E-state index < -0.39 is 8.32 Å². The highest BCUT2D eigenvalue weighted by Crippen LogP contribution is 2.64. The van der Waals surface area contributed by atoms with E-state index in [0.717, 1.165) is 31.4 Å². The highest BCUT2D eigenvalue weighted by atomic mass is 28.4. The number of fused-ring (bicyclic) bond motifs is 5. The molecule has 0 saturated heterocycles. The zero-order chi connectivity index (χ0) is 20.3. The zero-order valence-corrected chi connectivity index (χ0v) is 19.7. The molecule has 0 bridgehead atoms. The molecule has 0 N–H and O–H groups in total. The van der Waals surface area contributed by atoms with Crippen LogP contribution in [0.1, 0.15) is 65.2 Å². The van der Waals surface area contributed by atoms with Crippen molar-refractivity contribution in [1.82, 2.24) is 0 Å². The second-order valence-electron chi connectivity index (χ2n) is 11.5. The van der Waals surface area contributed by atoms with E-state index in [9.17, 15) is 4.79 Å². The summed E-state index contributed by atoms with van der Waals surface area (Å²) in [6.07, 6.45) is 9.17. The standard InChI is InChI=1S/C23H39NO3Si/c1-22-12-11-16(27-28(4,5)6)13-15(22)7-8-17-18-9-10-20(24-26-3)23(18,2)14-19(25)21(17)22/h15-18,21H,7-14H2,1-6H3/b24-20+/t15?,16?,17-,18-,21+,22-,23-/m0/s1. The molecule has 0 heterocycles. The lowest BCUT2D eigenvalue weighted by atomic mass is 9.45. The average Bonchev–Trinajstić information content (AvgIpc) is 2.90. The van der Waals surface area contributed by atoms with Crippen LogP contribution in [-0.4, -0.2) is 33.0 Å². The molecule has 4 nitrogen and oxygen atoms in total. The predicted octanol–water partition coefficient (Wildman–Crippen LogP) is 5.43. The Kier molecular flexibility index (Phi) is 5.10. The predicted molar refractivity (Wildman–Crippen MR) is 115 cm³/mol. The first-order chi connectivity index (χ1) is 13.1. The third-order valence-corrected chi connectivity index (χ3v) is 9.81. The summed E-state index contributed by atoms with van der Waals surface area (Å²) < 4.78 is 6.49. The number of Topliss-reactive ketones (excluding diaryl/α,β-unsaturated/α-hetero) is 1. The summed E-state index contributed by atoms with van der Waals surface area (Å²) in [5.41, 5.74) is 1.23. The monoisotopic (exact) mass is 405 g/mol. The van der Waals surface area contributed by atoms with Gasteiger partial charge in [0, 0.05) is 23.9 Å². The molecule has 0 aromatic carbocycles. The van der Waals surface area contributed by atoms with Gasteiger partial charge >= 0.3 is 0 Å². The van der Waals surface area contributed by atoms with Crippen molar-refractivity contribution in [2.75, 3.05) is 7.11 Å². The van der Waals surface area contributed by atoms with Gasteiger partial charge in [-0.05, 0) is 87.8 Å². The summed E-state index contributed by atoms with van der Waals surface area (Å²) in [6, 6.07) is 0. The molecule has 0 spiro atoms. The van der Waals surface area contributed by atoms with Gasteiger partial charge in [-0.1, -0.05) is 19.0 Å². The topological polar surface area (TPSA) is 47.9 Å². The molecular weight excluding hydrogens is 366 g/mol. The van der Waals surface area contributed by atoms with Crippen LogP contribution in [0.3, 0.4) is 0 Å². The van der Waals surface area contributed by atoms with E-state index in [1.165, 1.54) is 19.3 Å². The molecule has 4 fully saturated rings. The Morgan fingerprint density at radius 2 is 1.86 bits per heavy atom. The van der Waals surface area contributed by atoms with Gasteiger partial charge in [0.05, 0.1) is 5.71 Å². The zero-order valence-electron chi connectivity index (χ0n) is 18.7. The minimum absolute atomic E-state index is 0.0738. The van der Waals surface area contributed by atoms with Crippen molar-refractivity contribution in [2.24, 2.45) is 39.7 Å². The summed E-state index contributed by atoms with van der Waals surface area (Å²) in [5.74, 6) is 2.53. The van der Waals surface area contributed by atoms with Gasteiger partial charge in [-0.25, -0.2) is 0 Å². The molecule has 0 aliphatic heterocycles. The number of oxime groups is 1. The van der Waals surface area contributed by atoms with Crippen LogP contribution in [0.15, 0.2) is 5.16 Å². The van der Waals surface area contributed by atoms with Crippen LogP contribution in [-0.2, 0) is 14.1 Å². The fourth-order valence-electron chi connectivity index (χ4n) is 7.70. The highest BCUT2D eigenvalue weighted by Gasteiger charge is 2.63. The van der Waals surface area contributed by atoms with Gasteiger partial charge in [-0.15, -0.1) is 0 Å². The number of carbonyl (C=O) groups excluding carboxylic acids is 1. The van der Waals surface area contributed by atoms with E-state index in [-0.39, 0.29) is 16.7 Å². The maximum Gasteiger partial charge on any atom is 0.184 e. The summed E-state index contributed by atoms with van der Waals surface area (Å²) in [4.78, 5) is 18.7. The summed E-state index contributed by atoms with van der Waals surface area (Å²) >= 11 is 0. The van der Waals surface area contributed by atoms with E-state index in [4.69, 9.17) is 9.26 Å². The first-order valence-electron chi connectivity index (χ1n) is 11.4. The second-order valence-corrected chi connectivity index (χ2v) is 15.9. The van der Waals surface area contributed by atoms with Crippen LogP contribution in [0.4, 0.5) is 0 Å². The fourth-order valence-corrected chi connectivity index (χ4v) is 8.91. The Morgan fingerprint density at radius 3 is 2.54 bits per heavy atom. The smallest absolute Gasteiger partial charge is 0.184 e. The largest absolute Gasteiger partial charge is 0.415 e. The Labute approximate surface area is 171 Å². The second kappa shape index (κ2) is 6.94. The number of nitrogens with zero attached hydrogens (tertiary/aromatic N) is 1. The SMILES string of the molecule is CO/N=C1\CC[C@H]2[C@@H]3CCC4CC(O[Si](C)(C)C)CC[C@]4(C)[C@H]3C(=O)C[C@]12C. The molecule has 4 rings (SSSR count). The molecule has 4 aliphatic rings. The first kappa shape index (κ1) is 20.6. The molecule has 0 aromatic heterocycles. The maximum atomic E-state index is 13.6. The number of rotatable bonds is 3. The van der Waals surface area contributed by atoms with Crippen molar-refractivity contribution >= 4 is 19.8 Å². The van der Waals surface area contributed by atoms with Crippen LogP contribution in [0, 0.1) is 34.5 Å². The third kappa shape index (κ3) is 3.21. The van der Waals surface area contributed by atoms with Crippen molar-refractivity contribution < 1.29 is 14.1 Å². The molecule has 0 amide bonds. The molecule has 28 heavy (non-hydrogen) atoms. The number of hydrogen-bond donors (Lipinski definition) is 0.